The van der Waals surface area contributed by atoms with Crippen LogP contribution in [-0.4, -0.2) is 45.7 Å². The molecule has 0 N–H and O–H groups in total. The molecule has 2 aromatic rings. The molecule has 0 fully saturated rings. The van der Waals surface area contributed by atoms with Gasteiger partial charge >= 0.3 is 0 Å². The molecule has 0 amide bonds. The SMILES string of the molecule is CN(C)CCCN1CC=C(/C=C2\Sc3ccccc3N2C)c2ccccc21. The van der Waals surface area contributed by atoms with Gasteiger partial charge in [0, 0.05) is 36.3 Å². The van der Waals surface area contributed by atoms with E-state index in [-0.39, 0.29) is 0 Å². The minimum atomic E-state index is 0.977. The summed E-state index contributed by atoms with van der Waals surface area (Å²) in [5.41, 5.74) is 5.32. The molecular formula is C23H27N3S. The van der Waals surface area contributed by atoms with Gasteiger partial charge in [0.15, 0.2) is 0 Å². The maximum Gasteiger partial charge on any atom is 0.0805 e. The summed E-state index contributed by atoms with van der Waals surface area (Å²) in [6.07, 6.45) is 5.91. The molecule has 0 aromatic heterocycles. The van der Waals surface area contributed by atoms with Crippen LogP contribution in [0.3, 0.4) is 0 Å². The highest BCUT2D eigenvalue weighted by atomic mass is 32.2. The van der Waals surface area contributed by atoms with Crippen LogP contribution in [0.15, 0.2) is 70.6 Å². The van der Waals surface area contributed by atoms with Gasteiger partial charge in [0.2, 0.25) is 0 Å². The number of rotatable bonds is 5. The van der Waals surface area contributed by atoms with Gasteiger partial charge < -0.3 is 14.7 Å². The average Bonchev–Trinajstić information content (AvgIpc) is 2.99. The van der Waals surface area contributed by atoms with Crippen LogP contribution in [0.5, 0.6) is 0 Å². The zero-order chi connectivity index (χ0) is 18.8. The zero-order valence-electron chi connectivity index (χ0n) is 16.4. The Morgan fingerprint density at radius 2 is 1.78 bits per heavy atom. The number of allylic oxidation sites excluding steroid dienone is 2. The largest absolute Gasteiger partial charge is 0.367 e. The number of hydrogen-bond donors (Lipinski definition) is 0. The first-order valence-electron chi connectivity index (χ1n) is 9.55. The lowest BCUT2D eigenvalue weighted by Crippen LogP contribution is -2.30. The van der Waals surface area contributed by atoms with Crippen molar-refractivity contribution in [3.63, 3.8) is 0 Å². The smallest absolute Gasteiger partial charge is 0.0805 e. The summed E-state index contributed by atoms with van der Waals surface area (Å²) in [4.78, 5) is 8.39. The second kappa shape index (κ2) is 7.83. The van der Waals surface area contributed by atoms with Gasteiger partial charge in [-0.05, 0) is 56.9 Å². The van der Waals surface area contributed by atoms with Crippen LogP contribution in [0.25, 0.3) is 5.57 Å². The third-order valence-corrected chi connectivity index (χ3v) is 6.34. The molecule has 27 heavy (non-hydrogen) atoms. The van der Waals surface area contributed by atoms with Gasteiger partial charge in [-0.2, -0.15) is 0 Å². The van der Waals surface area contributed by atoms with Crippen LogP contribution in [0, 0.1) is 0 Å². The molecule has 0 saturated heterocycles. The molecular weight excluding hydrogens is 350 g/mol. The van der Waals surface area contributed by atoms with E-state index in [1.54, 1.807) is 0 Å². The maximum atomic E-state index is 2.50. The summed E-state index contributed by atoms with van der Waals surface area (Å²) < 4.78 is 0. The molecule has 140 valence electrons. The van der Waals surface area contributed by atoms with Crippen LogP contribution in [-0.2, 0) is 0 Å². The van der Waals surface area contributed by atoms with Crippen molar-refractivity contribution >= 4 is 28.7 Å². The average molecular weight is 378 g/mol. The predicted octanol–water partition coefficient (Wildman–Crippen LogP) is 4.93. The van der Waals surface area contributed by atoms with Crippen molar-refractivity contribution in [2.45, 2.75) is 11.3 Å². The van der Waals surface area contributed by atoms with E-state index in [9.17, 15) is 0 Å². The molecule has 4 heteroatoms. The summed E-state index contributed by atoms with van der Waals surface area (Å²) in [6.45, 7) is 3.19. The van der Waals surface area contributed by atoms with Crippen molar-refractivity contribution in [3.8, 4) is 0 Å². The summed E-state index contributed by atoms with van der Waals surface area (Å²) >= 11 is 1.86. The molecule has 0 atom stereocenters. The van der Waals surface area contributed by atoms with Gasteiger partial charge in [-0.25, -0.2) is 0 Å². The fourth-order valence-corrected chi connectivity index (χ4v) is 4.82. The van der Waals surface area contributed by atoms with Gasteiger partial charge in [0.25, 0.3) is 0 Å². The Hall–Kier alpha value is -2.17. The normalized spacial score (nSPS) is 17.3. The van der Waals surface area contributed by atoms with Crippen LogP contribution < -0.4 is 9.80 Å². The highest BCUT2D eigenvalue weighted by molar-refractivity contribution is 8.03. The van der Waals surface area contributed by atoms with Crippen molar-refractivity contribution < 1.29 is 0 Å². The van der Waals surface area contributed by atoms with E-state index in [0.29, 0.717) is 0 Å². The van der Waals surface area contributed by atoms with Crippen LogP contribution in [0.4, 0.5) is 11.4 Å². The zero-order valence-corrected chi connectivity index (χ0v) is 17.2. The fourth-order valence-electron chi connectivity index (χ4n) is 3.72. The standard InChI is InChI=1S/C23H27N3S/c1-24(2)14-8-15-26-16-13-18(19-9-4-5-10-20(19)26)17-23-25(3)21-11-6-7-12-22(21)27-23/h4-7,9-13,17H,8,14-16H2,1-3H3/b23-17-. The second-order valence-corrected chi connectivity index (χ2v) is 8.45. The minimum Gasteiger partial charge on any atom is -0.367 e. The van der Waals surface area contributed by atoms with E-state index in [1.807, 2.05) is 11.8 Å². The van der Waals surface area contributed by atoms with Crippen molar-refractivity contribution in [3.05, 3.63) is 71.3 Å². The third kappa shape index (κ3) is 3.78. The molecule has 2 aromatic carbocycles. The second-order valence-electron chi connectivity index (χ2n) is 7.39. The summed E-state index contributed by atoms with van der Waals surface area (Å²) in [7, 11) is 6.44. The Bertz CT molecular complexity index is 885. The van der Waals surface area contributed by atoms with Crippen LogP contribution in [0.2, 0.25) is 0 Å². The van der Waals surface area contributed by atoms with Gasteiger partial charge in [0.05, 0.1) is 10.7 Å². The third-order valence-electron chi connectivity index (χ3n) is 5.17. The Kier molecular flexibility index (Phi) is 5.28. The predicted molar refractivity (Wildman–Crippen MR) is 119 cm³/mol. The van der Waals surface area contributed by atoms with E-state index >= 15 is 0 Å². The molecule has 2 aliphatic heterocycles. The molecule has 0 unspecified atom stereocenters. The molecule has 3 nitrogen and oxygen atoms in total. The Morgan fingerprint density at radius 1 is 1.04 bits per heavy atom. The number of anilines is 2. The van der Waals surface area contributed by atoms with Crippen molar-refractivity contribution in [1.29, 1.82) is 0 Å². The lowest BCUT2D eigenvalue weighted by atomic mass is 9.98. The molecule has 4 rings (SSSR count). The van der Waals surface area contributed by atoms with Crippen LogP contribution >= 0.6 is 11.8 Å². The Labute approximate surface area is 167 Å². The first-order chi connectivity index (χ1) is 13.1. The molecule has 2 heterocycles. The number of para-hydroxylation sites is 2. The highest BCUT2D eigenvalue weighted by Gasteiger charge is 2.23. The number of benzene rings is 2. The van der Waals surface area contributed by atoms with Crippen LogP contribution in [0.1, 0.15) is 12.0 Å². The van der Waals surface area contributed by atoms with Crippen molar-refractivity contribution in [2.24, 2.45) is 0 Å². The molecule has 0 spiro atoms. The van der Waals surface area contributed by atoms with Gasteiger partial charge in [-0.3, -0.25) is 0 Å². The molecule has 0 aliphatic carbocycles. The number of thioether (sulfide) groups is 1. The molecule has 0 radical (unpaired) electrons. The first kappa shape index (κ1) is 18.2. The van der Waals surface area contributed by atoms with E-state index in [1.165, 1.54) is 38.9 Å². The monoisotopic (exact) mass is 377 g/mol. The lowest BCUT2D eigenvalue weighted by molar-refractivity contribution is 0.401. The van der Waals surface area contributed by atoms with Gasteiger partial charge in [0.1, 0.15) is 0 Å². The summed E-state index contributed by atoms with van der Waals surface area (Å²) in [5.74, 6) is 0. The Morgan fingerprint density at radius 3 is 2.56 bits per heavy atom. The van der Waals surface area contributed by atoms with Crippen molar-refractivity contribution in [1.82, 2.24) is 4.90 Å². The van der Waals surface area contributed by atoms with E-state index in [0.717, 1.165) is 19.6 Å². The first-order valence-corrected chi connectivity index (χ1v) is 10.4. The minimum absolute atomic E-state index is 0.977. The van der Waals surface area contributed by atoms with Gasteiger partial charge in [-0.1, -0.05) is 48.2 Å². The fraction of sp³-hybridized carbons (Fsp3) is 0.304. The Balaban J connectivity index is 1.58. The van der Waals surface area contributed by atoms with Gasteiger partial charge in [-0.15, -0.1) is 0 Å². The van der Waals surface area contributed by atoms with E-state index in [2.05, 4.69) is 96.5 Å². The topological polar surface area (TPSA) is 9.72 Å². The van der Waals surface area contributed by atoms with E-state index in [4.69, 9.17) is 0 Å². The molecule has 0 saturated carbocycles. The number of nitrogens with zero attached hydrogens (tertiary/aromatic N) is 3. The highest BCUT2D eigenvalue weighted by Crippen LogP contribution is 2.46. The van der Waals surface area contributed by atoms with E-state index < -0.39 is 0 Å². The lowest BCUT2D eigenvalue weighted by Gasteiger charge is -2.31. The maximum absolute atomic E-state index is 2.50. The molecule has 2 aliphatic rings. The number of fused-ring (bicyclic) bond motifs is 2. The number of hydrogen-bond acceptors (Lipinski definition) is 4. The summed E-state index contributed by atoms with van der Waals surface area (Å²) in [6, 6.07) is 17.4. The molecule has 0 bridgehead atoms. The van der Waals surface area contributed by atoms with Crippen molar-refractivity contribution in [2.75, 3.05) is 50.6 Å². The quantitative estimate of drug-likeness (QED) is 0.731. The summed E-state index contributed by atoms with van der Waals surface area (Å²) in [5, 5.41) is 1.29.